The van der Waals surface area contributed by atoms with Crippen LogP contribution < -0.4 is 19.9 Å². The monoisotopic (exact) mass is 526 g/mol. The summed E-state index contributed by atoms with van der Waals surface area (Å²) in [5.41, 5.74) is 2.53. The predicted octanol–water partition coefficient (Wildman–Crippen LogP) is 3.01. The van der Waals surface area contributed by atoms with Crippen LogP contribution in [0, 0.1) is 12.7 Å². The summed E-state index contributed by atoms with van der Waals surface area (Å²) in [4.78, 5) is 33.1. The van der Waals surface area contributed by atoms with Gasteiger partial charge in [-0.3, -0.25) is 14.7 Å². The summed E-state index contributed by atoms with van der Waals surface area (Å²) >= 11 is -0.855. The number of methoxy groups -OCH3 is 1. The molecule has 0 unspecified atom stereocenters. The normalized spacial score (nSPS) is 18.3. The van der Waals surface area contributed by atoms with Gasteiger partial charge in [-0.15, -0.1) is 0 Å². The molecular weight excluding hydrogens is 499 g/mol. The molecule has 3 heterocycles. The smallest absolute Gasteiger partial charge is 0.414 e. The zero-order valence-electron chi connectivity index (χ0n) is 20.5. The minimum Gasteiger partial charge on any atom is -0.616 e. The van der Waals surface area contributed by atoms with E-state index in [0.717, 1.165) is 10.9 Å². The van der Waals surface area contributed by atoms with Gasteiger partial charge >= 0.3 is 6.09 Å². The fraction of sp³-hybridized carbons (Fsp3) is 0.346. The number of nitrogens with zero attached hydrogens (tertiary/aromatic N) is 3. The van der Waals surface area contributed by atoms with E-state index in [1.165, 1.54) is 11.0 Å². The van der Waals surface area contributed by atoms with Crippen LogP contribution in [0.2, 0.25) is 0 Å². The SMILES string of the molecule is COc1ccc2cc(C(=O)NC[C@H]3CN(c4ccc(N5CC[S+]([O-])CC5)c(F)c4)C(=O)O3)c(C)nc2c1. The molecule has 0 spiro atoms. The maximum Gasteiger partial charge on any atom is 0.414 e. The molecule has 194 valence electrons. The summed E-state index contributed by atoms with van der Waals surface area (Å²) in [7, 11) is 1.58. The highest BCUT2D eigenvalue weighted by Crippen LogP contribution is 2.29. The molecule has 2 fully saturated rings. The quantitative estimate of drug-likeness (QED) is 0.492. The average Bonchev–Trinajstić information content (AvgIpc) is 3.27. The maximum atomic E-state index is 14.9. The van der Waals surface area contributed by atoms with Gasteiger partial charge in [0.2, 0.25) is 0 Å². The van der Waals surface area contributed by atoms with Crippen LogP contribution in [0.4, 0.5) is 20.6 Å². The lowest BCUT2D eigenvalue weighted by molar-refractivity contribution is 0.0915. The molecule has 0 bridgehead atoms. The minimum atomic E-state index is -0.855. The number of hydrogen-bond acceptors (Lipinski definition) is 7. The Morgan fingerprint density at radius 2 is 2.03 bits per heavy atom. The maximum absolute atomic E-state index is 14.9. The molecule has 0 radical (unpaired) electrons. The van der Waals surface area contributed by atoms with Crippen molar-refractivity contribution in [1.82, 2.24) is 10.3 Å². The second-order valence-electron chi connectivity index (χ2n) is 8.98. The molecule has 11 heteroatoms. The number of nitrogens with one attached hydrogen (secondary N) is 1. The Morgan fingerprint density at radius 1 is 1.24 bits per heavy atom. The molecule has 1 aromatic heterocycles. The molecule has 2 amide bonds. The molecule has 0 saturated carbocycles. The number of fused-ring (bicyclic) bond motifs is 1. The Balaban J connectivity index is 1.22. The van der Waals surface area contributed by atoms with Gasteiger partial charge in [0.15, 0.2) is 0 Å². The number of hydrogen-bond donors (Lipinski definition) is 1. The second-order valence-corrected chi connectivity index (χ2v) is 10.7. The standard InChI is InChI=1S/C26H27FN4O5S/c1-16-21(11-17-3-5-19(35-2)13-23(17)29-16)25(32)28-14-20-15-31(26(33)36-20)18-4-6-24(22(27)12-18)30-7-9-37(34)10-8-30/h3-6,11-13,20H,7-10,14-15H2,1-2H3,(H,28,32)/t20-/m0/s1. The van der Waals surface area contributed by atoms with Crippen molar-refractivity contribution < 1.29 is 28.0 Å². The molecule has 0 aliphatic carbocycles. The third kappa shape index (κ3) is 5.28. The number of aryl methyl sites for hydroxylation is 1. The zero-order chi connectivity index (χ0) is 26.1. The molecule has 9 nitrogen and oxygen atoms in total. The van der Waals surface area contributed by atoms with Gasteiger partial charge in [-0.25, -0.2) is 9.18 Å². The first-order valence-corrected chi connectivity index (χ1v) is 13.4. The van der Waals surface area contributed by atoms with Crippen molar-refractivity contribution in [3.63, 3.8) is 0 Å². The Labute approximate surface area is 216 Å². The van der Waals surface area contributed by atoms with E-state index in [-0.39, 0.29) is 19.0 Å². The molecule has 1 atom stereocenters. The molecule has 5 rings (SSSR count). The number of anilines is 2. The van der Waals surface area contributed by atoms with Crippen LogP contribution in [-0.4, -0.2) is 72.4 Å². The van der Waals surface area contributed by atoms with Crippen LogP contribution in [-0.2, 0) is 15.9 Å². The zero-order valence-corrected chi connectivity index (χ0v) is 21.3. The van der Waals surface area contributed by atoms with Crippen LogP contribution in [0.25, 0.3) is 10.9 Å². The van der Waals surface area contributed by atoms with Crippen LogP contribution in [0.3, 0.4) is 0 Å². The number of carbonyl (C=O) groups is 2. The number of carbonyl (C=O) groups excluding carboxylic acids is 2. The molecule has 2 aliphatic rings. The van der Waals surface area contributed by atoms with Gasteiger partial charge < -0.3 is 24.2 Å². The topological polar surface area (TPSA) is 107 Å². The molecular formula is C26H27FN4O5S. The number of ether oxygens (including phenoxy) is 2. The lowest BCUT2D eigenvalue weighted by Crippen LogP contribution is -2.40. The Bertz CT molecular complexity index is 1350. The van der Waals surface area contributed by atoms with Crippen molar-refractivity contribution in [2.24, 2.45) is 0 Å². The number of halogens is 1. The van der Waals surface area contributed by atoms with Crippen molar-refractivity contribution >= 4 is 45.5 Å². The lowest BCUT2D eigenvalue weighted by Gasteiger charge is -2.30. The highest BCUT2D eigenvalue weighted by molar-refractivity contribution is 7.91. The number of aromatic nitrogens is 1. The van der Waals surface area contributed by atoms with Crippen LogP contribution >= 0.6 is 0 Å². The van der Waals surface area contributed by atoms with Crippen LogP contribution in [0.1, 0.15) is 16.1 Å². The van der Waals surface area contributed by atoms with Crippen molar-refractivity contribution in [2.45, 2.75) is 13.0 Å². The summed E-state index contributed by atoms with van der Waals surface area (Å²) in [6.45, 7) is 3.09. The van der Waals surface area contributed by atoms with Gasteiger partial charge in [0, 0.05) is 11.5 Å². The molecule has 2 saturated heterocycles. The number of cyclic esters (lactones) is 1. The average molecular weight is 527 g/mol. The van der Waals surface area contributed by atoms with Crippen LogP contribution in [0.15, 0.2) is 42.5 Å². The van der Waals surface area contributed by atoms with Gasteiger partial charge in [-0.1, -0.05) is 11.2 Å². The highest BCUT2D eigenvalue weighted by Gasteiger charge is 2.33. The molecule has 3 aromatic rings. The number of pyridine rings is 1. The van der Waals surface area contributed by atoms with Gasteiger partial charge in [-0.2, -0.15) is 0 Å². The van der Waals surface area contributed by atoms with Gasteiger partial charge in [0.1, 0.15) is 29.2 Å². The first-order chi connectivity index (χ1) is 17.8. The van der Waals surface area contributed by atoms with E-state index in [4.69, 9.17) is 9.47 Å². The summed E-state index contributed by atoms with van der Waals surface area (Å²) in [6.07, 6.45) is -1.19. The van der Waals surface area contributed by atoms with E-state index < -0.39 is 29.2 Å². The Morgan fingerprint density at radius 3 is 2.76 bits per heavy atom. The number of benzene rings is 2. The van der Waals surface area contributed by atoms with Crippen molar-refractivity contribution in [3.05, 3.63) is 59.5 Å². The van der Waals surface area contributed by atoms with E-state index in [1.54, 1.807) is 44.4 Å². The van der Waals surface area contributed by atoms with E-state index >= 15 is 0 Å². The van der Waals surface area contributed by atoms with E-state index in [9.17, 15) is 18.5 Å². The van der Waals surface area contributed by atoms with Crippen molar-refractivity contribution in [1.29, 1.82) is 0 Å². The summed E-state index contributed by atoms with van der Waals surface area (Å²) in [5, 5.41) is 3.62. The van der Waals surface area contributed by atoms with Crippen LogP contribution in [0.5, 0.6) is 5.75 Å². The van der Waals surface area contributed by atoms with Crippen molar-refractivity contribution in [2.75, 3.05) is 54.6 Å². The summed E-state index contributed by atoms with van der Waals surface area (Å²) in [5.74, 6) is 0.928. The molecule has 1 N–H and O–H groups in total. The lowest BCUT2D eigenvalue weighted by atomic mass is 10.1. The fourth-order valence-corrected chi connectivity index (χ4v) is 5.59. The first kappa shape index (κ1) is 25.1. The van der Waals surface area contributed by atoms with Gasteiger partial charge in [0.05, 0.1) is 61.4 Å². The van der Waals surface area contributed by atoms with Gasteiger partial charge in [0.25, 0.3) is 5.91 Å². The largest absolute Gasteiger partial charge is 0.616 e. The van der Waals surface area contributed by atoms with E-state index in [2.05, 4.69) is 10.3 Å². The summed E-state index contributed by atoms with van der Waals surface area (Å²) in [6, 6.07) is 11.8. The van der Waals surface area contributed by atoms with E-state index in [1.807, 2.05) is 11.0 Å². The predicted molar refractivity (Wildman–Crippen MR) is 139 cm³/mol. The fourth-order valence-electron chi connectivity index (χ4n) is 4.54. The first-order valence-electron chi connectivity index (χ1n) is 11.9. The molecule has 37 heavy (non-hydrogen) atoms. The highest BCUT2D eigenvalue weighted by atomic mass is 32.2. The summed E-state index contributed by atoms with van der Waals surface area (Å²) < 4.78 is 37.1. The Hall–Kier alpha value is -3.57. The minimum absolute atomic E-state index is 0.104. The second kappa shape index (κ2) is 10.4. The van der Waals surface area contributed by atoms with E-state index in [0.29, 0.717) is 53.0 Å². The van der Waals surface area contributed by atoms with Crippen molar-refractivity contribution in [3.8, 4) is 5.75 Å². The number of rotatable bonds is 6. The molecule has 2 aromatic carbocycles. The third-order valence-corrected chi connectivity index (χ3v) is 7.86. The third-order valence-electron chi connectivity index (χ3n) is 6.59. The number of amides is 2. The Kier molecular flexibility index (Phi) is 7.07. The molecule has 2 aliphatic heterocycles. The van der Waals surface area contributed by atoms with Gasteiger partial charge in [-0.05, 0) is 43.3 Å².